The number of hydrogen-bond acceptors (Lipinski definition) is 3. The lowest BCUT2D eigenvalue weighted by Gasteiger charge is -2.36. The number of anilines is 2. The molecule has 0 aliphatic carbocycles. The van der Waals surface area contributed by atoms with Crippen molar-refractivity contribution in [3.05, 3.63) is 59.1 Å². The minimum atomic E-state index is -0.144. The number of piperazine rings is 1. The maximum atomic E-state index is 12.7. The van der Waals surface area contributed by atoms with Gasteiger partial charge in [-0.1, -0.05) is 48.9 Å². The van der Waals surface area contributed by atoms with E-state index in [1.165, 1.54) is 0 Å². The summed E-state index contributed by atoms with van der Waals surface area (Å²) < 4.78 is 0. The number of para-hydroxylation sites is 2. The number of carbonyl (C=O) groups is 1. The van der Waals surface area contributed by atoms with E-state index < -0.39 is 0 Å². The third-order valence-corrected chi connectivity index (χ3v) is 5.39. The Hall–Kier alpha value is -2.24. The van der Waals surface area contributed by atoms with E-state index in [4.69, 9.17) is 11.6 Å². The van der Waals surface area contributed by atoms with Gasteiger partial charge in [0, 0.05) is 44.8 Å². The molecule has 2 amide bonds. The summed E-state index contributed by atoms with van der Waals surface area (Å²) in [5.74, 6) is 0. The largest absolute Gasteiger partial charge is 0.367 e. The quantitative estimate of drug-likeness (QED) is 0.839. The summed E-state index contributed by atoms with van der Waals surface area (Å²) in [5.41, 5.74) is 2.85. The number of nitrogens with one attached hydrogen (secondary N) is 1. The predicted octanol–water partition coefficient (Wildman–Crippen LogP) is 4.15. The Kier molecular flexibility index (Phi) is 6.58. The van der Waals surface area contributed by atoms with Crippen LogP contribution in [0.5, 0.6) is 0 Å². The number of halogens is 1. The van der Waals surface area contributed by atoms with Crippen LogP contribution >= 0.6 is 11.6 Å². The SMILES string of the molecule is CCN1CCN(c2ccccc2NC(=O)N(C)Cc2ccccc2Cl)CC1. The van der Waals surface area contributed by atoms with Gasteiger partial charge in [0.15, 0.2) is 0 Å². The Balaban J connectivity index is 1.67. The molecule has 1 N–H and O–H groups in total. The van der Waals surface area contributed by atoms with E-state index in [9.17, 15) is 4.79 Å². The number of nitrogens with zero attached hydrogens (tertiary/aromatic N) is 3. The Morgan fingerprint density at radius 2 is 1.74 bits per heavy atom. The molecule has 1 aliphatic rings. The summed E-state index contributed by atoms with van der Waals surface area (Å²) in [5, 5.41) is 3.73. The molecule has 3 rings (SSSR count). The molecule has 2 aromatic carbocycles. The van der Waals surface area contributed by atoms with Gasteiger partial charge in [-0.3, -0.25) is 0 Å². The van der Waals surface area contributed by atoms with Gasteiger partial charge in [0.1, 0.15) is 0 Å². The summed E-state index contributed by atoms with van der Waals surface area (Å²) in [7, 11) is 1.78. The number of likely N-dealkylation sites (N-methyl/N-ethyl adjacent to an activating group) is 1. The van der Waals surface area contributed by atoms with Gasteiger partial charge in [0.05, 0.1) is 11.4 Å². The highest BCUT2D eigenvalue weighted by Crippen LogP contribution is 2.27. The molecule has 0 bridgehead atoms. The Morgan fingerprint density at radius 1 is 1.07 bits per heavy atom. The van der Waals surface area contributed by atoms with E-state index in [1.54, 1.807) is 11.9 Å². The van der Waals surface area contributed by atoms with Crippen LogP contribution in [0, 0.1) is 0 Å². The maximum Gasteiger partial charge on any atom is 0.321 e. The summed E-state index contributed by atoms with van der Waals surface area (Å²) >= 11 is 6.21. The molecular formula is C21H27ClN4O. The molecule has 0 aromatic heterocycles. The Morgan fingerprint density at radius 3 is 2.44 bits per heavy atom. The lowest BCUT2D eigenvalue weighted by Crippen LogP contribution is -2.46. The van der Waals surface area contributed by atoms with E-state index in [0.29, 0.717) is 11.6 Å². The summed E-state index contributed by atoms with van der Waals surface area (Å²) in [6, 6.07) is 15.5. The first-order chi connectivity index (χ1) is 13.1. The lowest BCUT2D eigenvalue weighted by molar-refractivity contribution is 0.220. The molecule has 0 spiro atoms. The van der Waals surface area contributed by atoms with Crippen LogP contribution in [0.4, 0.5) is 16.2 Å². The molecule has 0 radical (unpaired) electrons. The van der Waals surface area contributed by atoms with E-state index in [0.717, 1.165) is 49.7 Å². The van der Waals surface area contributed by atoms with Crippen molar-refractivity contribution in [2.75, 3.05) is 50.0 Å². The third kappa shape index (κ3) is 4.93. The fraction of sp³-hybridized carbons (Fsp3) is 0.381. The fourth-order valence-electron chi connectivity index (χ4n) is 3.32. The molecule has 1 aliphatic heterocycles. The van der Waals surface area contributed by atoms with Crippen LogP contribution in [0.3, 0.4) is 0 Å². The second kappa shape index (κ2) is 9.11. The third-order valence-electron chi connectivity index (χ3n) is 5.02. The first-order valence-corrected chi connectivity index (χ1v) is 9.78. The van der Waals surface area contributed by atoms with Crippen molar-refractivity contribution in [2.45, 2.75) is 13.5 Å². The topological polar surface area (TPSA) is 38.8 Å². The number of benzene rings is 2. The van der Waals surface area contributed by atoms with Crippen LogP contribution in [-0.4, -0.2) is 55.6 Å². The van der Waals surface area contributed by atoms with Crippen LogP contribution in [-0.2, 0) is 6.54 Å². The van der Waals surface area contributed by atoms with Crippen molar-refractivity contribution in [2.24, 2.45) is 0 Å². The van der Waals surface area contributed by atoms with E-state index in [2.05, 4.69) is 28.1 Å². The maximum absolute atomic E-state index is 12.7. The second-order valence-electron chi connectivity index (χ2n) is 6.82. The van der Waals surface area contributed by atoms with Crippen molar-refractivity contribution in [1.82, 2.24) is 9.80 Å². The van der Waals surface area contributed by atoms with Gasteiger partial charge < -0.3 is 20.0 Å². The normalized spacial score (nSPS) is 14.9. The molecule has 1 fully saturated rings. The smallest absolute Gasteiger partial charge is 0.321 e. The van der Waals surface area contributed by atoms with Crippen molar-refractivity contribution < 1.29 is 4.79 Å². The van der Waals surface area contributed by atoms with Gasteiger partial charge in [-0.05, 0) is 30.3 Å². The predicted molar refractivity (Wildman–Crippen MR) is 113 cm³/mol. The number of hydrogen-bond donors (Lipinski definition) is 1. The standard InChI is InChI=1S/C21H27ClN4O/c1-3-25-12-14-26(15-13-25)20-11-7-6-10-19(20)23-21(27)24(2)16-17-8-4-5-9-18(17)22/h4-11H,3,12-16H2,1-2H3,(H,23,27). The zero-order valence-electron chi connectivity index (χ0n) is 16.0. The highest BCUT2D eigenvalue weighted by atomic mass is 35.5. The van der Waals surface area contributed by atoms with Gasteiger partial charge in [-0.2, -0.15) is 0 Å². The summed E-state index contributed by atoms with van der Waals surface area (Å²) in [6.07, 6.45) is 0. The van der Waals surface area contributed by atoms with Crippen LogP contribution in [0.25, 0.3) is 0 Å². The van der Waals surface area contributed by atoms with E-state index >= 15 is 0 Å². The number of rotatable bonds is 5. The molecule has 0 saturated carbocycles. The fourth-order valence-corrected chi connectivity index (χ4v) is 3.52. The van der Waals surface area contributed by atoms with Crippen molar-refractivity contribution in [3.63, 3.8) is 0 Å². The molecule has 6 heteroatoms. The van der Waals surface area contributed by atoms with Crippen molar-refractivity contribution >= 4 is 29.0 Å². The lowest BCUT2D eigenvalue weighted by atomic mass is 10.2. The van der Waals surface area contributed by atoms with Crippen LogP contribution in [0.2, 0.25) is 5.02 Å². The zero-order valence-corrected chi connectivity index (χ0v) is 16.7. The van der Waals surface area contributed by atoms with Crippen molar-refractivity contribution in [3.8, 4) is 0 Å². The average Bonchev–Trinajstić information content (AvgIpc) is 2.70. The molecule has 27 heavy (non-hydrogen) atoms. The van der Waals surface area contributed by atoms with E-state index in [-0.39, 0.29) is 6.03 Å². The van der Waals surface area contributed by atoms with Gasteiger partial charge in [-0.15, -0.1) is 0 Å². The monoisotopic (exact) mass is 386 g/mol. The highest BCUT2D eigenvalue weighted by molar-refractivity contribution is 6.31. The van der Waals surface area contributed by atoms with Gasteiger partial charge in [0.25, 0.3) is 0 Å². The minimum absolute atomic E-state index is 0.144. The molecule has 5 nitrogen and oxygen atoms in total. The van der Waals surface area contributed by atoms with Gasteiger partial charge in [-0.25, -0.2) is 4.79 Å². The molecule has 1 heterocycles. The summed E-state index contributed by atoms with van der Waals surface area (Å²) in [4.78, 5) is 19.1. The minimum Gasteiger partial charge on any atom is -0.367 e. The molecule has 0 atom stereocenters. The van der Waals surface area contributed by atoms with Crippen LogP contribution in [0.1, 0.15) is 12.5 Å². The molecule has 1 saturated heterocycles. The molecule has 0 unspecified atom stereocenters. The highest BCUT2D eigenvalue weighted by Gasteiger charge is 2.19. The number of amides is 2. The Labute approximate surface area is 166 Å². The molecule has 144 valence electrons. The molecule has 2 aromatic rings. The number of urea groups is 1. The van der Waals surface area contributed by atoms with Crippen LogP contribution in [0.15, 0.2) is 48.5 Å². The van der Waals surface area contributed by atoms with E-state index in [1.807, 2.05) is 42.5 Å². The number of carbonyl (C=O) groups excluding carboxylic acids is 1. The second-order valence-corrected chi connectivity index (χ2v) is 7.22. The first kappa shape index (κ1) is 19.5. The zero-order chi connectivity index (χ0) is 19.2. The van der Waals surface area contributed by atoms with Crippen LogP contribution < -0.4 is 10.2 Å². The Bertz CT molecular complexity index is 774. The first-order valence-electron chi connectivity index (χ1n) is 9.40. The summed E-state index contributed by atoms with van der Waals surface area (Å²) in [6.45, 7) is 7.77. The van der Waals surface area contributed by atoms with Crippen molar-refractivity contribution in [1.29, 1.82) is 0 Å². The molecular weight excluding hydrogens is 360 g/mol. The van der Waals surface area contributed by atoms with Gasteiger partial charge in [0.2, 0.25) is 0 Å². The van der Waals surface area contributed by atoms with Gasteiger partial charge >= 0.3 is 6.03 Å². The average molecular weight is 387 g/mol.